The van der Waals surface area contributed by atoms with Gasteiger partial charge in [0.05, 0.1) is 20.8 Å². The average molecular weight is 483 g/mol. The molecule has 8 nitrogen and oxygen atoms in total. The molecule has 1 saturated heterocycles. The van der Waals surface area contributed by atoms with Gasteiger partial charge in [-0.3, -0.25) is 0 Å². The second kappa shape index (κ2) is 10.7. The standard InChI is InChI=1S/C27H30O8/c1-32-20-12-8-18(9-13-20)27(17-6-4-3-5-7-17,19-10-14-21(33-2)15-11-19)34-16-22-23(28)24(29)25(30)26(31)35-22/h3-15,22-26,28-31H,16H2,1-2H3/t22-,23-,24+,25+,26+/m1/s1. The van der Waals surface area contributed by atoms with Crippen molar-refractivity contribution in [1.82, 2.24) is 0 Å². The molecule has 1 aliphatic heterocycles. The fourth-order valence-electron chi connectivity index (χ4n) is 4.35. The highest BCUT2D eigenvalue weighted by molar-refractivity contribution is 5.49. The predicted molar refractivity (Wildman–Crippen MR) is 127 cm³/mol. The number of rotatable bonds is 8. The van der Waals surface area contributed by atoms with Crippen LogP contribution >= 0.6 is 0 Å². The quantitative estimate of drug-likeness (QED) is 0.359. The van der Waals surface area contributed by atoms with Crippen molar-refractivity contribution in [2.75, 3.05) is 20.8 Å². The summed E-state index contributed by atoms with van der Waals surface area (Å²) in [4.78, 5) is 0. The molecule has 0 aliphatic carbocycles. The van der Waals surface area contributed by atoms with Crippen LogP contribution in [0, 0.1) is 0 Å². The molecule has 4 N–H and O–H groups in total. The first-order valence-corrected chi connectivity index (χ1v) is 11.3. The molecule has 186 valence electrons. The van der Waals surface area contributed by atoms with Gasteiger partial charge >= 0.3 is 0 Å². The minimum atomic E-state index is -1.66. The van der Waals surface area contributed by atoms with Gasteiger partial charge in [0.25, 0.3) is 0 Å². The van der Waals surface area contributed by atoms with Gasteiger partial charge in [0.2, 0.25) is 0 Å². The van der Waals surface area contributed by atoms with Gasteiger partial charge in [0.1, 0.15) is 41.5 Å². The van der Waals surface area contributed by atoms with E-state index in [1.54, 1.807) is 14.2 Å². The lowest BCUT2D eigenvalue weighted by Gasteiger charge is -2.41. The van der Waals surface area contributed by atoms with E-state index in [0.29, 0.717) is 11.5 Å². The average Bonchev–Trinajstić information content (AvgIpc) is 2.91. The highest BCUT2D eigenvalue weighted by Gasteiger charge is 2.45. The Labute approximate surface area is 203 Å². The number of hydrogen-bond acceptors (Lipinski definition) is 8. The molecule has 0 unspecified atom stereocenters. The van der Waals surface area contributed by atoms with Crippen molar-refractivity contribution in [3.05, 3.63) is 95.6 Å². The summed E-state index contributed by atoms with van der Waals surface area (Å²) in [5, 5.41) is 40.5. The summed E-state index contributed by atoms with van der Waals surface area (Å²) >= 11 is 0. The molecular weight excluding hydrogens is 452 g/mol. The molecule has 1 heterocycles. The lowest BCUT2D eigenvalue weighted by atomic mass is 9.80. The zero-order valence-corrected chi connectivity index (χ0v) is 19.5. The number of ether oxygens (including phenoxy) is 4. The van der Waals surface area contributed by atoms with Gasteiger partial charge in [-0.05, 0) is 41.0 Å². The van der Waals surface area contributed by atoms with Crippen LogP contribution in [-0.4, -0.2) is 72.0 Å². The number of aliphatic hydroxyl groups excluding tert-OH is 4. The Morgan fingerprint density at radius 2 is 1.14 bits per heavy atom. The monoisotopic (exact) mass is 482 g/mol. The van der Waals surface area contributed by atoms with Crippen molar-refractivity contribution in [3.8, 4) is 11.5 Å². The number of benzene rings is 3. The van der Waals surface area contributed by atoms with Crippen LogP contribution in [0.4, 0.5) is 0 Å². The SMILES string of the molecule is COc1ccc(C(OC[C@H]2O[C@H](O)[C@@H](O)[C@@H](O)[C@@H]2O)(c2ccccc2)c2ccc(OC)cc2)cc1. The molecule has 0 amide bonds. The predicted octanol–water partition coefficient (Wildman–Crippen LogP) is 1.81. The van der Waals surface area contributed by atoms with Gasteiger partial charge in [-0.25, -0.2) is 0 Å². The van der Waals surface area contributed by atoms with E-state index in [4.69, 9.17) is 18.9 Å². The van der Waals surface area contributed by atoms with Crippen molar-refractivity contribution in [2.45, 2.75) is 36.3 Å². The topological polar surface area (TPSA) is 118 Å². The largest absolute Gasteiger partial charge is 0.497 e. The molecular formula is C27H30O8. The van der Waals surface area contributed by atoms with Gasteiger partial charge in [-0.15, -0.1) is 0 Å². The fraction of sp³-hybridized carbons (Fsp3) is 0.333. The lowest BCUT2D eigenvalue weighted by molar-refractivity contribution is -0.291. The Morgan fingerprint density at radius 3 is 1.63 bits per heavy atom. The third kappa shape index (κ3) is 4.90. The maximum Gasteiger partial charge on any atom is 0.184 e. The molecule has 0 aromatic heterocycles. The Morgan fingerprint density at radius 1 is 0.657 bits per heavy atom. The molecule has 3 aromatic rings. The van der Waals surface area contributed by atoms with Gasteiger partial charge in [-0.1, -0.05) is 54.6 Å². The summed E-state index contributed by atoms with van der Waals surface area (Å²) in [7, 11) is 3.18. The minimum Gasteiger partial charge on any atom is -0.497 e. The first-order chi connectivity index (χ1) is 16.9. The molecule has 0 spiro atoms. The second-order valence-electron chi connectivity index (χ2n) is 8.35. The molecule has 0 radical (unpaired) electrons. The van der Waals surface area contributed by atoms with Gasteiger partial charge in [0, 0.05) is 0 Å². The van der Waals surface area contributed by atoms with Crippen molar-refractivity contribution in [2.24, 2.45) is 0 Å². The highest BCUT2D eigenvalue weighted by Crippen LogP contribution is 2.42. The van der Waals surface area contributed by atoms with E-state index in [9.17, 15) is 20.4 Å². The Kier molecular flexibility index (Phi) is 7.71. The third-order valence-corrected chi connectivity index (χ3v) is 6.32. The first-order valence-electron chi connectivity index (χ1n) is 11.3. The normalized spacial score (nSPS) is 24.7. The summed E-state index contributed by atoms with van der Waals surface area (Å²) in [5.74, 6) is 1.36. The van der Waals surface area contributed by atoms with Crippen LogP contribution in [0.3, 0.4) is 0 Å². The van der Waals surface area contributed by atoms with E-state index in [0.717, 1.165) is 16.7 Å². The van der Waals surface area contributed by atoms with E-state index >= 15 is 0 Å². The van der Waals surface area contributed by atoms with Crippen LogP contribution in [0.5, 0.6) is 11.5 Å². The Hall–Kier alpha value is -2.98. The zero-order chi connectivity index (χ0) is 25.0. The number of aliphatic hydroxyl groups is 4. The molecule has 3 aromatic carbocycles. The Bertz CT molecular complexity index is 1020. The molecule has 35 heavy (non-hydrogen) atoms. The summed E-state index contributed by atoms with van der Waals surface area (Å²) in [6, 6.07) is 24.4. The fourth-order valence-corrected chi connectivity index (χ4v) is 4.35. The maximum atomic E-state index is 10.5. The lowest BCUT2D eigenvalue weighted by Crippen LogP contribution is -2.59. The summed E-state index contributed by atoms with van der Waals surface area (Å²) in [5.41, 5.74) is 1.21. The Balaban J connectivity index is 1.82. The summed E-state index contributed by atoms with van der Waals surface area (Å²) in [6.07, 6.45) is -7.42. The van der Waals surface area contributed by atoms with Crippen molar-refractivity contribution in [3.63, 3.8) is 0 Å². The van der Waals surface area contributed by atoms with Crippen molar-refractivity contribution >= 4 is 0 Å². The third-order valence-electron chi connectivity index (χ3n) is 6.32. The molecule has 0 bridgehead atoms. The van der Waals surface area contributed by atoms with E-state index in [1.165, 1.54) is 0 Å². The molecule has 8 heteroatoms. The van der Waals surface area contributed by atoms with Gasteiger partial charge < -0.3 is 39.4 Å². The maximum absolute atomic E-state index is 10.5. The highest BCUT2D eigenvalue weighted by atomic mass is 16.6. The smallest absolute Gasteiger partial charge is 0.184 e. The van der Waals surface area contributed by atoms with Crippen LogP contribution in [0.25, 0.3) is 0 Å². The number of methoxy groups -OCH3 is 2. The van der Waals surface area contributed by atoms with E-state index in [1.807, 2.05) is 78.9 Å². The van der Waals surface area contributed by atoms with Crippen LogP contribution < -0.4 is 9.47 Å². The summed E-state index contributed by atoms with van der Waals surface area (Å²) < 4.78 is 22.7. The van der Waals surface area contributed by atoms with E-state index < -0.39 is 36.3 Å². The van der Waals surface area contributed by atoms with Crippen molar-refractivity contribution < 1.29 is 39.4 Å². The van der Waals surface area contributed by atoms with Crippen LogP contribution in [-0.2, 0) is 15.1 Å². The van der Waals surface area contributed by atoms with Crippen LogP contribution in [0.1, 0.15) is 16.7 Å². The molecule has 5 atom stereocenters. The molecule has 0 saturated carbocycles. The van der Waals surface area contributed by atoms with Crippen LogP contribution in [0.15, 0.2) is 78.9 Å². The second-order valence-corrected chi connectivity index (χ2v) is 8.35. The van der Waals surface area contributed by atoms with Gasteiger partial charge in [-0.2, -0.15) is 0 Å². The van der Waals surface area contributed by atoms with Crippen molar-refractivity contribution in [1.29, 1.82) is 0 Å². The minimum absolute atomic E-state index is 0.199. The molecule has 1 fully saturated rings. The van der Waals surface area contributed by atoms with Gasteiger partial charge in [0.15, 0.2) is 6.29 Å². The molecule has 1 aliphatic rings. The van der Waals surface area contributed by atoms with E-state index in [2.05, 4.69) is 0 Å². The molecule has 4 rings (SSSR count). The summed E-state index contributed by atoms with van der Waals surface area (Å²) in [6.45, 7) is -0.199. The van der Waals surface area contributed by atoms with Crippen LogP contribution in [0.2, 0.25) is 0 Å². The first kappa shape index (κ1) is 25.1. The number of hydrogen-bond donors (Lipinski definition) is 4. The zero-order valence-electron chi connectivity index (χ0n) is 19.5. The van der Waals surface area contributed by atoms with E-state index in [-0.39, 0.29) is 6.61 Å².